The number of hydrogen-bond acceptors (Lipinski definition) is 6. The van der Waals surface area contributed by atoms with Gasteiger partial charge in [0.15, 0.2) is 0 Å². The Labute approximate surface area is 219 Å². The number of aliphatic hydroxyl groups is 1. The minimum absolute atomic E-state index is 0.0772. The van der Waals surface area contributed by atoms with Crippen molar-refractivity contribution in [2.75, 3.05) is 26.3 Å². The van der Waals surface area contributed by atoms with Gasteiger partial charge in [-0.2, -0.15) is 0 Å². The molecule has 200 valence electrons. The van der Waals surface area contributed by atoms with E-state index in [0.29, 0.717) is 24.2 Å². The number of ether oxygens (including phenoxy) is 1. The number of rotatable bonds is 9. The standard InChI is InChI=1S/C28H42N2O5S/c1-27(2,3)21-17-20(18-22(28(4,5)6)25(21)34-16-8-15-31)36-19-11-13-30(14-12-19)35-24-10-9-23(26(32)33)29(24)7/h9-10,17-19,31H,8,11-16H2,1-7H3,(H,32,33). The van der Waals surface area contributed by atoms with Crippen LogP contribution in [-0.4, -0.2) is 57.4 Å². The second-order valence-electron chi connectivity index (χ2n) is 11.5. The minimum Gasteiger partial charge on any atom is -0.493 e. The fourth-order valence-electron chi connectivity index (χ4n) is 4.34. The smallest absolute Gasteiger partial charge is 0.352 e. The zero-order valence-electron chi connectivity index (χ0n) is 22.8. The molecule has 1 saturated heterocycles. The van der Waals surface area contributed by atoms with Gasteiger partial charge in [0, 0.05) is 60.5 Å². The summed E-state index contributed by atoms with van der Waals surface area (Å²) in [5, 5.41) is 20.9. The molecule has 8 heteroatoms. The van der Waals surface area contributed by atoms with Crippen molar-refractivity contribution in [2.45, 2.75) is 81.8 Å². The number of aromatic carboxylic acids is 1. The van der Waals surface area contributed by atoms with E-state index in [1.54, 1.807) is 23.7 Å². The molecule has 0 saturated carbocycles. The molecule has 7 nitrogen and oxygen atoms in total. The third-order valence-corrected chi connectivity index (χ3v) is 7.76. The number of benzene rings is 1. The molecular formula is C28H42N2O5S. The lowest BCUT2D eigenvalue weighted by molar-refractivity contribution is -0.0770. The van der Waals surface area contributed by atoms with Gasteiger partial charge in [0.05, 0.1) is 6.61 Å². The maximum Gasteiger partial charge on any atom is 0.352 e. The fraction of sp³-hybridized carbons (Fsp3) is 0.607. The lowest BCUT2D eigenvalue weighted by Crippen LogP contribution is -2.37. The molecule has 0 radical (unpaired) electrons. The number of thioether (sulfide) groups is 1. The molecule has 2 aromatic rings. The van der Waals surface area contributed by atoms with Gasteiger partial charge in [-0.05, 0) is 41.9 Å². The van der Waals surface area contributed by atoms with E-state index in [4.69, 9.17) is 9.57 Å². The van der Waals surface area contributed by atoms with E-state index in [1.165, 1.54) is 16.0 Å². The zero-order valence-corrected chi connectivity index (χ0v) is 23.6. The van der Waals surface area contributed by atoms with Crippen molar-refractivity contribution < 1.29 is 24.6 Å². The summed E-state index contributed by atoms with van der Waals surface area (Å²) >= 11 is 1.92. The Bertz CT molecular complexity index is 1010. The Hall–Kier alpha value is -2.16. The Morgan fingerprint density at radius 2 is 1.64 bits per heavy atom. The van der Waals surface area contributed by atoms with Gasteiger partial charge < -0.3 is 24.4 Å². The maximum atomic E-state index is 11.3. The summed E-state index contributed by atoms with van der Waals surface area (Å²) in [4.78, 5) is 18.5. The van der Waals surface area contributed by atoms with Crippen LogP contribution in [0.1, 0.15) is 82.4 Å². The van der Waals surface area contributed by atoms with Crippen molar-refractivity contribution in [3.8, 4) is 11.6 Å². The average Bonchev–Trinajstić information content (AvgIpc) is 3.14. The van der Waals surface area contributed by atoms with E-state index in [-0.39, 0.29) is 23.1 Å². The van der Waals surface area contributed by atoms with Crippen LogP contribution in [-0.2, 0) is 17.9 Å². The molecule has 0 unspecified atom stereocenters. The Balaban J connectivity index is 1.74. The number of aliphatic hydroxyl groups excluding tert-OH is 1. The van der Waals surface area contributed by atoms with E-state index in [9.17, 15) is 15.0 Å². The molecule has 3 rings (SSSR count). The maximum absolute atomic E-state index is 11.3. The molecular weight excluding hydrogens is 476 g/mol. The van der Waals surface area contributed by atoms with Crippen molar-refractivity contribution >= 4 is 17.7 Å². The fourth-order valence-corrected chi connectivity index (χ4v) is 5.55. The average molecular weight is 519 g/mol. The number of nitrogens with zero attached hydrogens (tertiary/aromatic N) is 2. The van der Waals surface area contributed by atoms with Crippen LogP contribution >= 0.6 is 11.8 Å². The Morgan fingerprint density at radius 3 is 2.11 bits per heavy atom. The molecule has 0 amide bonds. The van der Waals surface area contributed by atoms with E-state index >= 15 is 0 Å². The summed E-state index contributed by atoms with van der Waals surface area (Å²) in [5.41, 5.74) is 2.46. The molecule has 0 bridgehead atoms. The van der Waals surface area contributed by atoms with Gasteiger partial charge in [-0.15, -0.1) is 16.8 Å². The highest BCUT2D eigenvalue weighted by molar-refractivity contribution is 8.00. The van der Waals surface area contributed by atoms with Gasteiger partial charge in [-0.3, -0.25) is 0 Å². The first-order valence-electron chi connectivity index (χ1n) is 12.7. The monoisotopic (exact) mass is 518 g/mol. The van der Waals surface area contributed by atoms with Crippen LogP contribution in [0.25, 0.3) is 0 Å². The zero-order chi connectivity index (χ0) is 26.7. The van der Waals surface area contributed by atoms with Crippen molar-refractivity contribution in [3.63, 3.8) is 0 Å². The van der Waals surface area contributed by atoms with Crippen LogP contribution in [0.2, 0.25) is 0 Å². The SMILES string of the molecule is Cn1c(ON2CCC(Sc3cc(C(C)(C)C)c(OCCCO)c(C(C)(C)C)c3)CC2)ccc1C(=O)O. The van der Waals surface area contributed by atoms with Crippen LogP contribution in [0.4, 0.5) is 0 Å². The summed E-state index contributed by atoms with van der Waals surface area (Å²) in [5.74, 6) is 0.538. The van der Waals surface area contributed by atoms with Gasteiger partial charge in [0.25, 0.3) is 0 Å². The number of hydroxylamine groups is 2. The summed E-state index contributed by atoms with van der Waals surface area (Å²) in [6.45, 7) is 15.5. The quantitative estimate of drug-likeness (QED) is 0.416. The molecule has 2 N–H and O–H groups in total. The second kappa shape index (κ2) is 11.5. The van der Waals surface area contributed by atoms with Crippen LogP contribution in [0, 0.1) is 0 Å². The van der Waals surface area contributed by atoms with Gasteiger partial charge in [-0.1, -0.05) is 41.5 Å². The van der Waals surface area contributed by atoms with E-state index < -0.39 is 5.97 Å². The Kier molecular flexibility index (Phi) is 9.06. The first kappa shape index (κ1) is 28.4. The van der Waals surface area contributed by atoms with Crippen molar-refractivity contribution in [3.05, 3.63) is 41.1 Å². The number of aromatic nitrogens is 1. The molecule has 36 heavy (non-hydrogen) atoms. The molecule has 1 aliphatic heterocycles. The molecule has 2 heterocycles. The third-order valence-electron chi connectivity index (χ3n) is 6.45. The van der Waals surface area contributed by atoms with E-state index in [1.807, 2.05) is 16.8 Å². The molecule has 0 aliphatic carbocycles. The van der Waals surface area contributed by atoms with E-state index in [0.717, 1.165) is 31.7 Å². The van der Waals surface area contributed by atoms with Crippen LogP contribution in [0.3, 0.4) is 0 Å². The molecule has 1 aromatic carbocycles. The van der Waals surface area contributed by atoms with Gasteiger partial charge in [0.2, 0.25) is 5.88 Å². The minimum atomic E-state index is -0.962. The lowest BCUT2D eigenvalue weighted by atomic mass is 9.79. The van der Waals surface area contributed by atoms with Gasteiger partial charge in [-0.25, -0.2) is 4.79 Å². The molecule has 0 spiro atoms. The Morgan fingerprint density at radius 1 is 1.06 bits per heavy atom. The largest absolute Gasteiger partial charge is 0.493 e. The summed E-state index contributed by atoms with van der Waals surface area (Å²) < 4.78 is 7.84. The van der Waals surface area contributed by atoms with Crippen LogP contribution in [0.5, 0.6) is 11.6 Å². The molecule has 1 aromatic heterocycles. The highest BCUT2D eigenvalue weighted by Crippen LogP contribution is 2.44. The summed E-state index contributed by atoms with van der Waals surface area (Å²) in [6, 6.07) is 7.84. The number of carboxylic acid groups (broad SMARTS) is 1. The predicted molar refractivity (Wildman–Crippen MR) is 144 cm³/mol. The predicted octanol–water partition coefficient (Wildman–Crippen LogP) is 5.63. The highest BCUT2D eigenvalue weighted by atomic mass is 32.2. The second-order valence-corrected chi connectivity index (χ2v) is 12.9. The molecule has 0 atom stereocenters. The first-order chi connectivity index (χ1) is 16.8. The number of piperidine rings is 1. The lowest BCUT2D eigenvalue weighted by Gasteiger charge is -2.33. The highest BCUT2D eigenvalue weighted by Gasteiger charge is 2.29. The first-order valence-corrected chi connectivity index (χ1v) is 13.6. The normalized spacial score (nSPS) is 15.8. The van der Waals surface area contributed by atoms with Crippen molar-refractivity contribution in [1.29, 1.82) is 0 Å². The molecule has 1 aliphatic rings. The van der Waals surface area contributed by atoms with Crippen molar-refractivity contribution in [1.82, 2.24) is 9.63 Å². The van der Waals surface area contributed by atoms with Gasteiger partial charge >= 0.3 is 5.97 Å². The summed E-state index contributed by atoms with van der Waals surface area (Å²) in [6.07, 6.45) is 2.57. The topological polar surface area (TPSA) is 84.2 Å². The van der Waals surface area contributed by atoms with Crippen LogP contribution < -0.4 is 9.57 Å². The van der Waals surface area contributed by atoms with Gasteiger partial charge in [0.1, 0.15) is 11.4 Å². The van der Waals surface area contributed by atoms with E-state index in [2.05, 4.69) is 53.7 Å². The number of carboxylic acids is 1. The van der Waals surface area contributed by atoms with Crippen LogP contribution in [0.15, 0.2) is 29.2 Å². The summed E-state index contributed by atoms with van der Waals surface area (Å²) in [7, 11) is 1.71. The molecule has 1 fully saturated rings. The third kappa shape index (κ3) is 6.99. The number of carbonyl (C=O) groups is 1. The number of hydrogen-bond donors (Lipinski definition) is 2. The van der Waals surface area contributed by atoms with Crippen molar-refractivity contribution in [2.24, 2.45) is 7.05 Å².